The minimum absolute atomic E-state index is 0.0601. The van der Waals surface area contributed by atoms with Gasteiger partial charge in [-0.3, -0.25) is 4.79 Å². The van der Waals surface area contributed by atoms with Gasteiger partial charge in [0, 0.05) is 5.02 Å². The molecule has 0 aliphatic carbocycles. The Morgan fingerprint density at radius 2 is 1.62 bits per heavy atom. The second kappa shape index (κ2) is 11.4. The van der Waals surface area contributed by atoms with Gasteiger partial charge in [-0.15, -0.1) is 0 Å². The Bertz CT molecular complexity index is 1110. The summed E-state index contributed by atoms with van der Waals surface area (Å²) < 4.78 is 6.40. The van der Waals surface area contributed by atoms with Gasteiger partial charge in [0.25, 0.3) is 6.47 Å². The van der Waals surface area contributed by atoms with Crippen molar-refractivity contribution < 1.29 is 19.7 Å². The largest absolute Gasteiger partial charge is 0.483 e. The van der Waals surface area contributed by atoms with Gasteiger partial charge in [0.15, 0.2) is 0 Å². The van der Waals surface area contributed by atoms with Crippen LogP contribution in [0.3, 0.4) is 0 Å². The van der Waals surface area contributed by atoms with Crippen molar-refractivity contribution in [1.82, 2.24) is 0 Å². The van der Waals surface area contributed by atoms with Gasteiger partial charge in [-0.05, 0) is 112 Å². The van der Waals surface area contributed by atoms with Gasteiger partial charge in [0.05, 0.1) is 17.3 Å². The molecule has 4 nitrogen and oxygen atoms in total. The topological polar surface area (TPSA) is 66.8 Å². The molecule has 0 amide bonds. The van der Waals surface area contributed by atoms with Crippen LogP contribution in [-0.4, -0.2) is 27.9 Å². The highest BCUT2D eigenvalue weighted by Crippen LogP contribution is 2.40. The van der Waals surface area contributed by atoms with E-state index in [4.69, 9.17) is 26.2 Å². The number of hydrogen-bond donors (Lipinski definition) is 2. The van der Waals surface area contributed by atoms with Crippen molar-refractivity contribution in [1.29, 1.82) is 0 Å². The Labute approximate surface area is 208 Å². The predicted octanol–water partition coefficient (Wildman–Crippen LogP) is 7.75. The smallest absolute Gasteiger partial charge is 0.290 e. The molecule has 0 aliphatic heterocycles. The standard InChI is InChI=1S/C28H35ClO2.CH2O2/c1-18-16-22-9-8-20(14-15-28(6,7)30)17-24(22)26(21-10-12-23(29)13-11-21)25(18)19(2)31-27(3,4)5;2-1-3/h8-13,16-17,19,30H,14-15H2,1-7H3;1H,(H,2,3). The zero-order valence-corrected chi connectivity index (χ0v) is 22.0. The summed E-state index contributed by atoms with van der Waals surface area (Å²) in [6, 6.07) is 17.0. The summed E-state index contributed by atoms with van der Waals surface area (Å²) in [6.45, 7) is 14.1. The summed E-state index contributed by atoms with van der Waals surface area (Å²) in [6.07, 6.45) is 1.49. The van der Waals surface area contributed by atoms with E-state index in [2.05, 4.69) is 71.0 Å². The number of aliphatic hydroxyl groups is 1. The number of aryl methyl sites for hydroxylation is 2. The molecular weight excluding hydrogens is 448 g/mol. The second-order valence-corrected chi connectivity index (χ2v) is 10.8. The normalized spacial score (nSPS) is 12.7. The number of ether oxygens (including phenoxy) is 1. The lowest BCUT2D eigenvalue weighted by Gasteiger charge is -2.29. The monoisotopic (exact) mass is 484 g/mol. The van der Waals surface area contributed by atoms with Crippen LogP contribution in [0.5, 0.6) is 0 Å². The Morgan fingerprint density at radius 3 is 2.15 bits per heavy atom. The first-order chi connectivity index (χ1) is 15.8. The highest BCUT2D eigenvalue weighted by molar-refractivity contribution is 6.30. The summed E-state index contributed by atoms with van der Waals surface area (Å²) in [5.41, 5.74) is 5.08. The van der Waals surface area contributed by atoms with E-state index in [1.165, 1.54) is 33.0 Å². The Morgan fingerprint density at radius 1 is 1.03 bits per heavy atom. The van der Waals surface area contributed by atoms with E-state index in [0.29, 0.717) is 0 Å². The van der Waals surface area contributed by atoms with Crippen molar-refractivity contribution in [3.63, 3.8) is 0 Å². The van der Waals surface area contributed by atoms with Crippen LogP contribution in [0, 0.1) is 6.92 Å². The summed E-state index contributed by atoms with van der Waals surface area (Å²) in [4.78, 5) is 8.36. The van der Waals surface area contributed by atoms with Gasteiger partial charge in [-0.25, -0.2) is 0 Å². The molecule has 0 aliphatic rings. The van der Waals surface area contributed by atoms with Crippen molar-refractivity contribution in [3.05, 3.63) is 70.2 Å². The van der Waals surface area contributed by atoms with Gasteiger partial charge in [0.2, 0.25) is 0 Å². The number of carboxylic acid groups (broad SMARTS) is 1. The number of halogens is 1. The predicted molar refractivity (Wildman–Crippen MR) is 142 cm³/mol. The number of carbonyl (C=O) groups is 1. The maximum absolute atomic E-state index is 10.2. The Balaban J connectivity index is 0.00000129. The average Bonchev–Trinajstić information content (AvgIpc) is 2.70. The van der Waals surface area contributed by atoms with Crippen LogP contribution in [0.25, 0.3) is 21.9 Å². The zero-order valence-electron chi connectivity index (χ0n) is 21.3. The quantitative estimate of drug-likeness (QED) is 0.351. The molecule has 0 saturated heterocycles. The van der Waals surface area contributed by atoms with Gasteiger partial charge in [-0.1, -0.05) is 48.0 Å². The van der Waals surface area contributed by atoms with Crippen LogP contribution >= 0.6 is 11.6 Å². The summed E-state index contributed by atoms with van der Waals surface area (Å²) in [5.74, 6) is 0. The van der Waals surface area contributed by atoms with E-state index in [1.54, 1.807) is 0 Å². The van der Waals surface area contributed by atoms with Crippen molar-refractivity contribution in [2.24, 2.45) is 0 Å². The SMILES string of the molecule is Cc1cc2ccc(CCC(C)(C)O)cc2c(-c2ccc(Cl)cc2)c1C(C)OC(C)(C)C.O=CO. The first kappa shape index (κ1) is 27.8. The Hall–Kier alpha value is -2.40. The minimum Gasteiger partial charge on any atom is -0.483 e. The molecule has 3 rings (SSSR count). The highest BCUT2D eigenvalue weighted by atomic mass is 35.5. The first-order valence-corrected chi connectivity index (χ1v) is 11.9. The lowest BCUT2D eigenvalue weighted by Crippen LogP contribution is -2.22. The molecule has 1 atom stereocenters. The molecule has 0 heterocycles. The number of fused-ring (bicyclic) bond motifs is 1. The first-order valence-electron chi connectivity index (χ1n) is 11.6. The summed E-state index contributed by atoms with van der Waals surface area (Å²) in [7, 11) is 0. The molecule has 184 valence electrons. The van der Waals surface area contributed by atoms with Gasteiger partial charge >= 0.3 is 0 Å². The van der Waals surface area contributed by atoms with Crippen LogP contribution in [0.1, 0.15) is 70.8 Å². The van der Waals surface area contributed by atoms with Crippen LogP contribution < -0.4 is 0 Å². The molecule has 5 heteroatoms. The molecule has 0 radical (unpaired) electrons. The molecule has 0 bridgehead atoms. The van der Waals surface area contributed by atoms with E-state index >= 15 is 0 Å². The summed E-state index contributed by atoms with van der Waals surface area (Å²) in [5, 5.41) is 20.2. The van der Waals surface area contributed by atoms with Gasteiger partial charge in [0.1, 0.15) is 0 Å². The number of benzene rings is 3. The minimum atomic E-state index is -0.679. The van der Waals surface area contributed by atoms with E-state index in [-0.39, 0.29) is 18.2 Å². The number of hydrogen-bond acceptors (Lipinski definition) is 3. The third-order valence-corrected chi connectivity index (χ3v) is 5.80. The Kier molecular flexibility index (Phi) is 9.29. The molecule has 34 heavy (non-hydrogen) atoms. The van der Waals surface area contributed by atoms with Crippen LogP contribution in [-0.2, 0) is 16.0 Å². The molecule has 0 fully saturated rings. The van der Waals surface area contributed by atoms with Crippen molar-refractivity contribution in [3.8, 4) is 11.1 Å². The lowest BCUT2D eigenvalue weighted by atomic mass is 9.86. The molecule has 3 aromatic rings. The zero-order chi connectivity index (χ0) is 25.7. The van der Waals surface area contributed by atoms with Crippen LogP contribution in [0.15, 0.2) is 48.5 Å². The maximum Gasteiger partial charge on any atom is 0.290 e. The molecule has 1 unspecified atom stereocenters. The van der Waals surface area contributed by atoms with Crippen LogP contribution in [0.2, 0.25) is 5.02 Å². The van der Waals surface area contributed by atoms with Crippen molar-refractivity contribution >= 4 is 28.8 Å². The van der Waals surface area contributed by atoms with E-state index < -0.39 is 5.60 Å². The molecule has 0 saturated carbocycles. The average molecular weight is 485 g/mol. The third kappa shape index (κ3) is 7.83. The number of rotatable bonds is 6. The molecule has 2 N–H and O–H groups in total. The maximum atomic E-state index is 10.2. The summed E-state index contributed by atoms with van der Waals surface area (Å²) >= 11 is 6.20. The molecule has 3 aromatic carbocycles. The van der Waals surface area contributed by atoms with E-state index in [0.717, 1.165) is 23.4 Å². The fourth-order valence-electron chi connectivity index (χ4n) is 4.25. The fourth-order valence-corrected chi connectivity index (χ4v) is 4.37. The van der Waals surface area contributed by atoms with Gasteiger partial charge in [-0.2, -0.15) is 0 Å². The third-order valence-electron chi connectivity index (χ3n) is 5.55. The second-order valence-electron chi connectivity index (χ2n) is 10.3. The van der Waals surface area contributed by atoms with E-state index in [1.807, 2.05) is 26.0 Å². The van der Waals surface area contributed by atoms with E-state index in [9.17, 15) is 5.11 Å². The lowest BCUT2D eigenvalue weighted by molar-refractivity contribution is -0.122. The van der Waals surface area contributed by atoms with Crippen molar-refractivity contribution in [2.75, 3.05) is 0 Å². The van der Waals surface area contributed by atoms with Crippen molar-refractivity contribution in [2.45, 2.75) is 78.6 Å². The van der Waals surface area contributed by atoms with Crippen LogP contribution in [0.4, 0.5) is 0 Å². The van der Waals surface area contributed by atoms with Gasteiger partial charge < -0.3 is 14.9 Å². The highest BCUT2D eigenvalue weighted by Gasteiger charge is 2.23. The molecule has 0 spiro atoms. The fraction of sp³-hybridized carbons (Fsp3) is 0.414. The molecule has 0 aromatic heterocycles. The molecular formula is C29H37ClO4.